The molecule has 1 unspecified atom stereocenters. The third kappa shape index (κ3) is 2.82. The summed E-state index contributed by atoms with van der Waals surface area (Å²) in [6, 6.07) is 33.8. The van der Waals surface area contributed by atoms with E-state index in [1.807, 2.05) is 6.07 Å². The van der Waals surface area contributed by atoms with Gasteiger partial charge in [-0.2, -0.15) is 0 Å². The summed E-state index contributed by atoms with van der Waals surface area (Å²) in [5.74, 6) is 0.941. The minimum Gasteiger partial charge on any atom is -0.477 e. The molecule has 1 aliphatic rings. The van der Waals surface area contributed by atoms with Crippen molar-refractivity contribution in [2.45, 2.75) is 12.0 Å². The van der Waals surface area contributed by atoms with E-state index in [0.717, 1.165) is 17.7 Å². The zero-order valence-electron chi connectivity index (χ0n) is 15.0. The van der Waals surface area contributed by atoms with Gasteiger partial charge in [-0.15, -0.1) is 0 Å². The molecule has 1 heterocycles. The lowest BCUT2D eigenvalue weighted by atomic mass is 9.84. The fraction of sp³-hybridized carbons (Fsp3) is 0.0769. The molecule has 1 nitrogen and oxygen atoms in total. The number of hydrogen-bond donors (Lipinski definition) is 0. The summed E-state index contributed by atoms with van der Waals surface area (Å²) < 4.78 is 6.73. The summed E-state index contributed by atoms with van der Waals surface area (Å²) in [4.78, 5) is 0. The second-order valence-corrected chi connectivity index (χ2v) is 7.05. The Morgan fingerprint density at radius 1 is 0.667 bits per heavy atom. The Balaban J connectivity index is 1.65. The monoisotopic (exact) mass is 348 g/mol. The van der Waals surface area contributed by atoms with Crippen molar-refractivity contribution in [3.63, 3.8) is 0 Å². The van der Waals surface area contributed by atoms with Gasteiger partial charge in [0.05, 0.1) is 0 Å². The first-order valence-electron chi connectivity index (χ1n) is 9.34. The highest BCUT2D eigenvalue weighted by atomic mass is 16.5. The van der Waals surface area contributed by atoms with Crippen molar-refractivity contribution in [1.82, 2.24) is 0 Å². The number of fused-ring (bicyclic) bond motifs is 3. The van der Waals surface area contributed by atoms with Crippen LogP contribution in [0.3, 0.4) is 0 Å². The Kier molecular flexibility index (Phi) is 3.79. The summed E-state index contributed by atoms with van der Waals surface area (Å²) in [6.07, 6.45) is 5.25. The van der Waals surface area contributed by atoms with E-state index >= 15 is 0 Å². The zero-order valence-corrected chi connectivity index (χ0v) is 15.0. The predicted molar refractivity (Wildman–Crippen MR) is 112 cm³/mol. The fourth-order valence-corrected chi connectivity index (χ4v) is 3.96. The molecule has 0 amide bonds. The van der Waals surface area contributed by atoms with Gasteiger partial charge in [-0.05, 0) is 34.0 Å². The van der Waals surface area contributed by atoms with Gasteiger partial charge >= 0.3 is 0 Å². The van der Waals surface area contributed by atoms with Crippen LogP contribution in [-0.2, 0) is 12.0 Å². The quantitative estimate of drug-likeness (QED) is 0.417. The number of ether oxygens (including phenoxy) is 1. The maximum atomic E-state index is 6.73. The Bertz CT molecular complexity index is 1110. The van der Waals surface area contributed by atoms with Gasteiger partial charge in [0.15, 0.2) is 5.60 Å². The van der Waals surface area contributed by atoms with E-state index in [1.165, 1.54) is 21.9 Å². The molecule has 0 fully saturated rings. The summed E-state index contributed by atoms with van der Waals surface area (Å²) in [5, 5.41) is 2.47. The predicted octanol–water partition coefficient (Wildman–Crippen LogP) is 6.38. The lowest BCUT2D eigenvalue weighted by Gasteiger charge is -2.36. The van der Waals surface area contributed by atoms with Crippen LogP contribution >= 0.6 is 0 Å². The molecule has 0 bridgehead atoms. The molecule has 0 spiro atoms. The van der Waals surface area contributed by atoms with Crippen molar-refractivity contribution in [2.75, 3.05) is 0 Å². The lowest BCUT2D eigenvalue weighted by Crippen LogP contribution is -2.35. The normalized spacial score (nSPS) is 18.1. The van der Waals surface area contributed by atoms with Crippen LogP contribution in [0.4, 0.5) is 0 Å². The number of hydrogen-bond acceptors (Lipinski definition) is 1. The van der Waals surface area contributed by atoms with Crippen LogP contribution in [0.2, 0.25) is 0 Å². The van der Waals surface area contributed by atoms with E-state index in [9.17, 15) is 0 Å². The highest BCUT2D eigenvalue weighted by molar-refractivity contribution is 5.93. The standard InChI is InChI=1S/C26H20O/c1-3-9-20(10-4-1)19-26(22-12-5-2-6-13-22)18-17-24-23-14-8-7-11-21(23)15-16-25(24)27-26/h1-18H,19H2. The third-order valence-electron chi connectivity index (χ3n) is 5.31. The maximum Gasteiger partial charge on any atom is 0.156 e. The van der Waals surface area contributed by atoms with Gasteiger partial charge < -0.3 is 4.74 Å². The number of rotatable bonds is 3. The van der Waals surface area contributed by atoms with Crippen molar-refractivity contribution >= 4 is 16.8 Å². The molecule has 1 aliphatic heterocycles. The van der Waals surface area contributed by atoms with E-state index in [4.69, 9.17) is 4.74 Å². The van der Waals surface area contributed by atoms with Gasteiger partial charge in [-0.1, -0.05) is 97.1 Å². The van der Waals surface area contributed by atoms with Crippen molar-refractivity contribution in [2.24, 2.45) is 0 Å². The first-order chi connectivity index (χ1) is 13.3. The van der Waals surface area contributed by atoms with E-state index < -0.39 is 5.60 Å². The molecule has 0 radical (unpaired) electrons. The molecule has 1 heteroatoms. The zero-order chi connectivity index (χ0) is 18.1. The molecule has 1 atom stereocenters. The summed E-state index contributed by atoms with van der Waals surface area (Å²) >= 11 is 0. The maximum absolute atomic E-state index is 6.73. The van der Waals surface area contributed by atoms with Gasteiger partial charge in [-0.25, -0.2) is 0 Å². The van der Waals surface area contributed by atoms with Crippen molar-refractivity contribution in [1.29, 1.82) is 0 Å². The Morgan fingerprint density at radius 2 is 1.37 bits per heavy atom. The summed E-state index contributed by atoms with van der Waals surface area (Å²) in [7, 11) is 0. The molecule has 0 N–H and O–H groups in total. The Hall–Kier alpha value is -3.32. The molecular weight excluding hydrogens is 328 g/mol. The molecule has 130 valence electrons. The highest BCUT2D eigenvalue weighted by Gasteiger charge is 2.35. The van der Waals surface area contributed by atoms with Crippen molar-refractivity contribution < 1.29 is 4.74 Å². The average molecular weight is 348 g/mol. The van der Waals surface area contributed by atoms with Gasteiger partial charge in [0.1, 0.15) is 5.75 Å². The summed E-state index contributed by atoms with van der Waals surface area (Å²) in [6.45, 7) is 0. The first kappa shape index (κ1) is 15.9. The van der Waals surface area contributed by atoms with Crippen LogP contribution in [0.5, 0.6) is 5.75 Å². The molecule has 0 saturated carbocycles. The second kappa shape index (κ2) is 6.44. The van der Waals surface area contributed by atoms with Crippen LogP contribution < -0.4 is 4.74 Å². The molecular formula is C26H20O. The highest BCUT2D eigenvalue weighted by Crippen LogP contribution is 2.42. The first-order valence-corrected chi connectivity index (χ1v) is 9.34. The van der Waals surface area contributed by atoms with Gasteiger partial charge in [0.25, 0.3) is 0 Å². The van der Waals surface area contributed by atoms with Gasteiger partial charge in [-0.3, -0.25) is 0 Å². The topological polar surface area (TPSA) is 9.23 Å². The van der Waals surface area contributed by atoms with Crippen LogP contribution in [0, 0.1) is 0 Å². The van der Waals surface area contributed by atoms with E-state index in [-0.39, 0.29) is 0 Å². The van der Waals surface area contributed by atoms with Crippen LogP contribution in [-0.4, -0.2) is 0 Å². The van der Waals surface area contributed by atoms with E-state index in [0.29, 0.717) is 0 Å². The van der Waals surface area contributed by atoms with Crippen molar-refractivity contribution in [3.8, 4) is 5.75 Å². The van der Waals surface area contributed by atoms with Crippen LogP contribution in [0.25, 0.3) is 16.8 Å². The van der Waals surface area contributed by atoms with E-state index in [1.54, 1.807) is 0 Å². The molecule has 0 saturated heterocycles. The van der Waals surface area contributed by atoms with E-state index in [2.05, 4.69) is 103 Å². The third-order valence-corrected chi connectivity index (χ3v) is 5.31. The summed E-state index contributed by atoms with van der Waals surface area (Å²) in [5.41, 5.74) is 3.09. The fourth-order valence-electron chi connectivity index (χ4n) is 3.96. The minimum absolute atomic E-state index is 0.502. The molecule has 5 rings (SSSR count). The van der Waals surface area contributed by atoms with Gasteiger partial charge in [0.2, 0.25) is 0 Å². The molecule has 27 heavy (non-hydrogen) atoms. The minimum atomic E-state index is -0.502. The van der Waals surface area contributed by atoms with Crippen molar-refractivity contribution in [3.05, 3.63) is 120 Å². The Morgan fingerprint density at radius 3 is 2.19 bits per heavy atom. The molecule has 0 aromatic heterocycles. The van der Waals surface area contributed by atoms with Gasteiger partial charge in [0, 0.05) is 12.0 Å². The molecule has 4 aromatic carbocycles. The molecule has 4 aromatic rings. The second-order valence-electron chi connectivity index (χ2n) is 7.05. The van der Waals surface area contributed by atoms with Crippen LogP contribution in [0.15, 0.2) is 103 Å². The largest absolute Gasteiger partial charge is 0.477 e. The smallest absolute Gasteiger partial charge is 0.156 e. The van der Waals surface area contributed by atoms with Crippen LogP contribution in [0.1, 0.15) is 16.7 Å². The SMILES string of the molecule is C1=CC(Cc2ccccc2)(c2ccccc2)Oc2ccc3ccccc3c21. The average Bonchev–Trinajstić information content (AvgIpc) is 2.75. The lowest BCUT2D eigenvalue weighted by molar-refractivity contribution is 0.117. The Labute approximate surface area is 159 Å². The molecule has 0 aliphatic carbocycles. The number of benzene rings is 4.